The molecule has 2 N–H and O–H groups in total. The molecule has 0 radical (unpaired) electrons. The van der Waals surface area contributed by atoms with Crippen molar-refractivity contribution in [3.8, 4) is 5.75 Å². The van der Waals surface area contributed by atoms with Gasteiger partial charge in [0.25, 0.3) is 6.43 Å². The van der Waals surface area contributed by atoms with Gasteiger partial charge in [-0.25, -0.2) is 13.2 Å². The maximum absolute atomic E-state index is 12.3. The number of aliphatic hydroxyl groups is 1. The Balaban J connectivity index is 3.06. The van der Waals surface area contributed by atoms with E-state index in [-0.39, 0.29) is 11.3 Å². The summed E-state index contributed by atoms with van der Waals surface area (Å²) in [7, 11) is 0. The molecule has 0 amide bonds. The quantitative estimate of drug-likeness (QED) is 0.791. The first-order valence-corrected chi connectivity index (χ1v) is 3.86. The van der Waals surface area contributed by atoms with Gasteiger partial charge < -0.3 is 10.2 Å². The molecule has 0 aromatic heterocycles. The third-order valence-electron chi connectivity index (χ3n) is 1.93. The summed E-state index contributed by atoms with van der Waals surface area (Å²) in [6.45, 7) is -1.57. The number of hydrogen-bond donors (Lipinski definition) is 2. The summed E-state index contributed by atoms with van der Waals surface area (Å²) in [6, 6.07) is 4.33. The Kier molecular flexibility index (Phi) is 3.00. The van der Waals surface area contributed by atoms with E-state index >= 15 is 0 Å². The number of halogens is 3. The Morgan fingerprint density at radius 2 is 1.71 bits per heavy atom. The molecule has 1 rings (SSSR count). The largest absolute Gasteiger partial charge is 0.508 e. The van der Waals surface area contributed by atoms with Gasteiger partial charge in [-0.15, -0.1) is 0 Å². The highest BCUT2D eigenvalue weighted by atomic mass is 19.3. The van der Waals surface area contributed by atoms with Crippen molar-refractivity contribution in [2.75, 3.05) is 6.67 Å². The maximum Gasteiger partial charge on any atom is 0.273 e. The highest BCUT2D eigenvalue weighted by Crippen LogP contribution is 2.29. The molecule has 78 valence electrons. The summed E-state index contributed by atoms with van der Waals surface area (Å²) < 4.78 is 36.9. The maximum atomic E-state index is 12.3. The monoisotopic (exact) mass is 206 g/mol. The fourth-order valence-electron chi connectivity index (χ4n) is 1.01. The van der Waals surface area contributed by atoms with Crippen LogP contribution in [0.5, 0.6) is 5.75 Å². The lowest BCUT2D eigenvalue weighted by atomic mass is 9.96. The zero-order valence-electron chi connectivity index (χ0n) is 7.12. The first-order chi connectivity index (χ1) is 6.50. The molecule has 0 aliphatic heterocycles. The fraction of sp³-hybridized carbons (Fsp3) is 0.333. The predicted octanol–water partition coefficient (Wildman–Crippen LogP) is 1.81. The number of benzene rings is 1. The van der Waals surface area contributed by atoms with Crippen molar-refractivity contribution in [3.05, 3.63) is 29.8 Å². The summed E-state index contributed by atoms with van der Waals surface area (Å²) in [5.41, 5.74) is -3.04. The number of aromatic hydroxyl groups is 1. The molecular weight excluding hydrogens is 197 g/mol. The molecule has 14 heavy (non-hydrogen) atoms. The van der Waals surface area contributed by atoms with Crippen molar-refractivity contribution in [3.63, 3.8) is 0 Å². The van der Waals surface area contributed by atoms with Gasteiger partial charge >= 0.3 is 0 Å². The van der Waals surface area contributed by atoms with Crippen LogP contribution in [0.15, 0.2) is 24.3 Å². The minimum Gasteiger partial charge on any atom is -0.508 e. The summed E-state index contributed by atoms with van der Waals surface area (Å²) in [5.74, 6) is -0.135. The average Bonchev–Trinajstić information content (AvgIpc) is 2.17. The zero-order chi connectivity index (χ0) is 10.8. The lowest BCUT2D eigenvalue weighted by Crippen LogP contribution is -2.36. The van der Waals surface area contributed by atoms with Crippen LogP contribution in [0.25, 0.3) is 0 Å². The van der Waals surface area contributed by atoms with Crippen molar-refractivity contribution >= 4 is 0 Å². The molecule has 1 unspecified atom stereocenters. The Morgan fingerprint density at radius 3 is 2.07 bits per heavy atom. The van der Waals surface area contributed by atoms with Crippen LogP contribution in [0.3, 0.4) is 0 Å². The minimum absolute atomic E-state index is 0.135. The number of hydrogen-bond acceptors (Lipinski definition) is 2. The Bertz CT molecular complexity index is 299. The van der Waals surface area contributed by atoms with Crippen LogP contribution in [0.2, 0.25) is 0 Å². The van der Waals surface area contributed by atoms with Gasteiger partial charge in [0, 0.05) is 0 Å². The molecule has 0 spiro atoms. The molecule has 0 aliphatic carbocycles. The molecule has 0 fully saturated rings. The Morgan fingerprint density at radius 1 is 1.21 bits per heavy atom. The number of alkyl halides is 3. The van der Waals surface area contributed by atoms with E-state index in [9.17, 15) is 18.3 Å². The smallest absolute Gasteiger partial charge is 0.273 e. The topological polar surface area (TPSA) is 40.5 Å². The molecule has 1 aromatic carbocycles. The number of rotatable bonds is 3. The van der Waals surface area contributed by atoms with E-state index in [1.807, 2.05) is 0 Å². The van der Waals surface area contributed by atoms with Gasteiger partial charge in [-0.2, -0.15) is 0 Å². The van der Waals surface area contributed by atoms with E-state index < -0.39 is 18.7 Å². The van der Waals surface area contributed by atoms with Crippen LogP contribution in [0.4, 0.5) is 13.2 Å². The first-order valence-electron chi connectivity index (χ1n) is 3.86. The molecule has 0 aliphatic rings. The highest BCUT2D eigenvalue weighted by Gasteiger charge is 2.39. The van der Waals surface area contributed by atoms with Gasteiger partial charge in [0.05, 0.1) is 0 Å². The van der Waals surface area contributed by atoms with Crippen molar-refractivity contribution in [1.82, 2.24) is 0 Å². The van der Waals surface area contributed by atoms with Gasteiger partial charge in [-0.3, -0.25) is 0 Å². The summed E-state index contributed by atoms with van der Waals surface area (Å²) >= 11 is 0. The molecule has 5 heteroatoms. The van der Waals surface area contributed by atoms with E-state index in [1.165, 1.54) is 0 Å². The van der Waals surface area contributed by atoms with Gasteiger partial charge in [0.15, 0.2) is 5.60 Å². The molecule has 0 saturated carbocycles. The second-order valence-electron chi connectivity index (χ2n) is 2.91. The molecule has 1 aromatic rings. The van der Waals surface area contributed by atoms with Crippen LogP contribution in [-0.2, 0) is 5.60 Å². The second-order valence-corrected chi connectivity index (χ2v) is 2.91. The van der Waals surface area contributed by atoms with E-state index in [0.717, 1.165) is 24.3 Å². The van der Waals surface area contributed by atoms with Gasteiger partial charge in [-0.1, -0.05) is 12.1 Å². The molecule has 0 heterocycles. The highest BCUT2D eigenvalue weighted by molar-refractivity contribution is 5.30. The number of phenols is 1. The predicted molar refractivity (Wildman–Crippen MR) is 44.0 cm³/mol. The van der Waals surface area contributed by atoms with E-state index in [0.29, 0.717) is 0 Å². The first kappa shape index (κ1) is 10.8. The van der Waals surface area contributed by atoms with Crippen LogP contribution in [-0.4, -0.2) is 23.3 Å². The zero-order valence-corrected chi connectivity index (χ0v) is 7.12. The molecular formula is C9H9F3O2. The van der Waals surface area contributed by atoms with Gasteiger partial charge in [-0.05, 0) is 17.7 Å². The third kappa shape index (κ3) is 1.82. The Hall–Kier alpha value is -1.23. The second kappa shape index (κ2) is 3.88. The third-order valence-corrected chi connectivity index (χ3v) is 1.93. The molecule has 0 saturated heterocycles. The van der Waals surface area contributed by atoms with E-state index in [4.69, 9.17) is 5.11 Å². The number of phenolic OH excluding ortho intramolecular Hbond substituents is 1. The SMILES string of the molecule is Oc1ccc(C(O)(CF)C(F)F)cc1. The van der Waals surface area contributed by atoms with E-state index in [2.05, 4.69) is 0 Å². The fourth-order valence-corrected chi connectivity index (χ4v) is 1.01. The molecule has 0 bridgehead atoms. The van der Waals surface area contributed by atoms with Crippen molar-refractivity contribution in [1.29, 1.82) is 0 Å². The van der Waals surface area contributed by atoms with E-state index in [1.54, 1.807) is 0 Å². The van der Waals surface area contributed by atoms with Crippen LogP contribution in [0, 0.1) is 0 Å². The lowest BCUT2D eigenvalue weighted by molar-refractivity contribution is -0.114. The average molecular weight is 206 g/mol. The summed E-state index contributed by atoms with van der Waals surface area (Å²) in [5, 5.41) is 18.1. The minimum atomic E-state index is -3.21. The Labute approximate surface area is 78.6 Å². The summed E-state index contributed by atoms with van der Waals surface area (Å²) in [6.07, 6.45) is -3.21. The van der Waals surface area contributed by atoms with Gasteiger partial charge in [0.2, 0.25) is 0 Å². The van der Waals surface area contributed by atoms with Crippen molar-refractivity contribution in [2.45, 2.75) is 12.0 Å². The van der Waals surface area contributed by atoms with Crippen LogP contribution < -0.4 is 0 Å². The van der Waals surface area contributed by atoms with Crippen molar-refractivity contribution < 1.29 is 23.4 Å². The molecule has 2 nitrogen and oxygen atoms in total. The normalized spacial score (nSPS) is 15.5. The van der Waals surface area contributed by atoms with Crippen LogP contribution in [0.1, 0.15) is 5.56 Å². The molecule has 1 atom stereocenters. The van der Waals surface area contributed by atoms with Crippen LogP contribution >= 0.6 is 0 Å². The summed E-state index contributed by atoms with van der Waals surface area (Å²) in [4.78, 5) is 0. The van der Waals surface area contributed by atoms with Crippen molar-refractivity contribution in [2.24, 2.45) is 0 Å². The van der Waals surface area contributed by atoms with Gasteiger partial charge in [0.1, 0.15) is 12.4 Å². The lowest BCUT2D eigenvalue weighted by Gasteiger charge is -2.24. The standard InChI is InChI=1S/C9H9F3O2/c10-5-9(14,8(11)12)6-1-3-7(13)4-2-6/h1-4,8,13-14H,5H2.